The number of nitrogens with one attached hydrogen (secondary N) is 1. The first-order valence-electron chi connectivity index (χ1n) is 6.75. The molecule has 0 saturated carbocycles. The summed E-state index contributed by atoms with van der Waals surface area (Å²) >= 11 is 7.42. The molecule has 0 fully saturated rings. The van der Waals surface area contributed by atoms with Crippen molar-refractivity contribution in [1.29, 1.82) is 0 Å². The van der Waals surface area contributed by atoms with Gasteiger partial charge in [0.1, 0.15) is 0 Å². The Hall–Kier alpha value is -2.04. The van der Waals surface area contributed by atoms with Crippen molar-refractivity contribution < 1.29 is 4.79 Å². The van der Waals surface area contributed by atoms with Crippen molar-refractivity contribution in [3.8, 4) is 0 Å². The minimum absolute atomic E-state index is 0.104. The van der Waals surface area contributed by atoms with Gasteiger partial charge in [-0.25, -0.2) is 4.98 Å². The second kappa shape index (κ2) is 6.81. The van der Waals surface area contributed by atoms with Gasteiger partial charge in [0.25, 0.3) is 0 Å². The maximum Gasteiger partial charge on any atom is 0.234 e. The number of fused-ring (bicyclic) bond motifs is 1. The lowest BCUT2D eigenvalue weighted by Gasteiger charge is -2.07. The van der Waals surface area contributed by atoms with Crippen molar-refractivity contribution in [2.24, 2.45) is 0 Å². The molecule has 3 aromatic rings. The van der Waals surface area contributed by atoms with E-state index in [1.165, 1.54) is 11.8 Å². The molecule has 0 aliphatic heterocycles. The van der Waals surface area contributed by atoms with Crippen LogP contribution in [0.4, 0.5) is 5.69 Å². The van der Waals surface area contributed by atoms with Crippen LogP contribution in [0.5, 0.6) is 0 Å². The monoisotopic (exact) mass is 328 g/mol. The van der Waals surface area contributed by atoms with Gasteiger partial charge >= 0.3 is 0 Å². The number of para-hydroxylation sites is 2. The number of nitrogens with zero attached hydrogens (tertiary/aromatic N) is 1. The lowest BCUT2D eigenvalue weighted by molar-refractivity contribution is -0.113. The summed E-state index contributed by atoms with van der Waals surface area (Å²) in [5.74, 6) is 0.185. The Bertz CT molecular complexity index is 822. The molecule has 1 amide bonds. The molecule has 0 radical (unpaired) electrons. The van der Waals surface area contributed by atoms with Crippen LogP contribution in [0.2, 0.25) is 5.02 Å². The zero-order chi connectivity index (χ0) is 15.4. The first kappa shape index (κ1) is 14.9. The average Bonchev–Trinajstić information content (AvgIpc) is 2.55. The van der Waals surface area contributed by atoms with Crippen molar-refractivity contribution in [2.75, 3.05) is 11.1 Å². The average molecular weight is 329 g/mol. The van der Waals surface area contributed by atoms with Gasteiger partial charge < -0.3 is 5.32 Å². The minimum Gasteiger partial charge on any atom is -0.324 e. The Morgan fingerprint density at radius 3 is 2.68 bits per heavy atom. The van der Waals surface area contributed by atoms with Gasteiger partial charge in [-0.05, 0) is 24.3 Å². The van der Waals surface area contributed by atoms with Gasteiger partial charge in [0.05, 0.1) is 27.0 Å². The predicted molar refractivity (Wildman–Crippen MR) is 92.5 cm³/mol. The quantitative estimate of drug-likeness (QED) is 0.711. The number of benzene rings is 2. The van der Waals surface area contributed by atoms with Crippen molar-refractivity contribution in [2.45, 2.75) is 5.03 Å². The van der Waals surface area contributed by atoms with Gasteiger partial charge in [-0.1, -0.05) is 59.8 Å². The zero-order valence-corrected chi connectivity index (χ0v) is 13.2. The van der Waals surface area contributed by atoms with Crippen LogP contribution in [0, 0.1) is 0 Å². The highest BCUT2D eigenvalue weighted by Gasteiger charge is 2.07. The SMILES string of the molecule is O=C(CSc1ccc2ccccc2n1)Nc1ccccc1Cl. The smallest absolute Gasteiger partial charge is 0.234 e. The molecule has 3 rings (SSSR count). The van der Waals surface area contributed by atoms with E-state index >= 15 is 0 Å². The van der Waals surface area contributed by atoms with E-state index in [-0.39, 0.29) is 11.7 Å². The Kier molecular flexibility index (Phi) is 4.61. The molecule has 0 unspecified atom stereocenters. The largest absolute Gasteiger partial charge is 0.324 e. The molecule has 1 aromatic heterocycles. The highest BCUT2D eigenvalue weighted by Crippen LogP contribution is 2.22. The number of hydrogen-bond acceptors (Lipinski definition) is 3. The van der Waals surface area contributed by atoms with Crippen molar-refractivity contribution >= 4 is 45.9 Å². The van der Waals surface area contributed by atoms with Gasteiger partial charge in [0.2, 0.25) is 5.91 Å². The molecule has 0 saturated heterocycles. The summed E-state index contributed by atoms with van der Waals surface area (Å²) in [5.41, 5.74) is 1.56. The lowest BCUT2D eigenvalue weighted by Crippen LogP contribution is -2.14. The van der Waals surface area contributed by atoms with Crippen LogP contribution in [0.3, 0.4) is 0 Å². The van der Waals surface area contributed by atoms with Crippen LogP contribution >= 0.6 is 23.4 Å². The standard InChI is InChI=1S/C17H13ClN2OS/c18-13-6-2-4-8-15(13)19-16(21)11-22-17-10-9-12-5-1-3-7-14(12)20-17/h1-10H,11H2,(H,19,21). The van der Waals surface area contributed by atoms with E-state index in [9.17, 15) is 4.79 Å². The molecule has 0 spiro atoms. The van der Waals surface area contributed by atoms with Crippen molar-refractivity contribution in [3.05, 3.63) is 65.7 Å². The summed E-state index contributed by atoms with van der Waals surface area (Å²) < 4.78 is 0. The molecular formula is C17H13ClN2OS. The molecular weight excluding hydrogens is 316 g/mol. The van der Waals surface area contributed by atoms with Crippen LogP contribution in [0.15, 0.2) is 65.7 Å². The highest BCUT2D eigenvalue weighted by molar-refractivity contribution is 7.99. The van der Waals surface area contributed by atoms with Gasteiger partial charge in [0.15, 0.2) is 0 Å². The van der Waals surface area contributed by atoms with E-state index in [4.69, 9.17) is 11.6 Å². The predicted octanol–water partition coefficient (Wildman–Crippen LogP) is 4.62. The van der Waals surface area contributed by atoms with Crippen molar-refractivity contribution in [3.63, 3.8) is 0 Å². The topological polar surface area (TPSA) is 42.0 Å². The van der Waals surface area contributed by atoms with Gasteiger partial charge in [-0.15, -0.1) is 0 Å². The zero-order valence-electron chi connectivity index (χ0n) is 11.6. The Morgan fingerprint density at radius 1 is 1.05 bits per heavy atom. The number of hydrogen-bond donors (Lipinski definition) is 1. The third-order valence-corrected chi connectivity index (χ3v) is 4.33. The van der Waals surface area contributed by atoms with Crippen molar-refractivity contribution in [1.82, 2.24) is 4.98 Å². The molecule has 0 aliphatic rings. The number of rotatable bonds is 4. The second-order valence-electron chi connectivity index (χ2n) is 4.66. The molecule has 5 heteroatoms. The summed E-state index contributed by atoms with van der Waals surface area (Å²) in [5, 5.41) is 5.25. The number of amides is 1. The Balaban J connectivity index is 1.63. The maximum absolute atomic E-state index is 12.0. The molecule has 22 heavy (non-hydrogen) atoms. The summed E-state index contributed by atoms with van der Waals surface area (Å²) in [6.07, 6.45) is 0. The number of carbonyl (C=O) groups excluding carboxylic acids is 1. The lowest BCUT2D eigenvalue weighted by atomic mass is 10.2. The first-order chi connectivity index (χ1) is 10.7. The minimum atomic E-state index is -0.104. The Labute approximate surface area is 137 Å². The van der Waals surface area contributed by atoms with E-state index < -0.39 is 0 Å². The summed E-state index contributed by atoms with van der Waals surface area (Å²) in [7, 11) is 0. The van der Waals surface area contributed by atoms with Crippen LogP contribution in [-0.4, -0.2) is 16.6 Å². The highest BCUT2D eigenvalue weighted by atomic mass is 35.5. The molecule has 0 atom stereocenters. The molecule has 1 N–H and O–H groups in total. The molecule has 110 valence electrons. The van der Waals surface area contributed by atoms with Crippen LogP contribution in [0.1, 0.15) is 0 Å². The van der Waals surface area contributed by atoms with E-state index in [1.54, 1.807) is 12.1 Å². The summed E-state index contributed by atoms with van der Waals surface area (Å²) in [4.78, 5) is 16.5. The summed E-state index contributed by atoms with van der Waals surface area (Å²) in [6.45, 7) is 0. The van der Waals surface area contributed by atoms with Crippen LogP contribution in [-0.2, 0) is 4.79 Å². The van der Waals surface area contributed by atoms with Gasteiger partial charge in [-0.2, -0.15) is 0 Å². The molecule has 0 aliphatic carbocycles. The van der Waals surface area contributed by atoms with Gasteiger partial charge in [0, 0.05) is 5.39 Å². The normalized spacial score (nSPS) is 10.6. The maximum atomic E-state index is 12.0. The van der Waals surface area contributed by atoms with E-state index in [1.807, 2.05) is 48.5 Å². The number of halogens is 1. The fourth-order valence-electron chi connectivity index (χ4n) is 2.02. The number of carbonyl (C=O) groups is 1. The fourth-order valence-corrected chi connectivity index (χ4v) is 2.88. The summed E-state index contributed by atoms with van der Waals surface area (Å²) in [6, 6.07) is 19.0. The third kappa shape index (κ3) is 3.59. The molecule has 3 nitrogen and oxygen atoms in total. The number of thioether (sulfide) groups is 1. The van der Waals surface area contributed by atoms with Crippen LogP contribution < -0.4 is 5.32 Å². The van der Waals surface area contributed by atoms with E-state index in [0.717, 1.165) is 15.9 Å². The fraction of sp³-hybridized carbons (Fsp3) is 0.0588. The first-order valence-corrected chi connectivity index (χ1v) is 8.12. The Morgan fingerprint density at radius 2 is 1.82 bits per heavy atom. The molecule has 0 bridgehead atoms. The molecule has 2 aromatic carbocycles. The molecule has 1 heterocycles. The van der Waals surface area contributed by atoms with Crippen LogP contribution in [0.25, 0.3) is 10.9 Å². The number of anilines is 1. The van der Waals surface area contributed by atoms with Gasteiger partial charge in [-0.3, -0.25) is 4.79 Å². The third-order valence-electron chi connectivity index (χ3n) is 3.07. The number of aromatic nitrogens is 1. The van der Waals surface area contributed by atoms with E-state index in [2.05, 4.69) is 10.3 Å². The second-order valence-corrected chi connectivity index (χ2v) is 6.06. The number of pyridine rings is 1. The van der Waals surface area contributed by atoms with E-state index in [0.29, 0.717) is 10.7 Å².